The highest BCUT2D eigenvalue weighted by molar-refractivity contribution is 7.85. The molecular formula is C13H21NO5S. The standard InChI is InChI=1S/C7H8O3S.C6H13NO2/c1-6-4-2-3-5-7(6)11(8,9)10;1-2-3-4-9-6(8)5-7/h2-5H,1H3,(H,8,9,10);2-5,7H2,1H3. The first-order valence-electron chi connectivity index (χ1n) is 6.21. The topological polar surface area (TPSA) is 107 Å². The number of esters is 1. The second-order valence-electron chi connectivity index (χ2n) is 4.02. The summed E-state index contributed by atoms with van der Waals surface area (Å²) < 4.78 is 34.5. The Labute approximate surface area is 119 Å². The molecule has 0 fully saturated rings. The first-order chi connectivity index (χ1) is 9.32. The third kappa shape index (κ3) is 7.88. The number of aryl methyl sites for hydroxylation is 1. The van der Waals surface area contributed by atoms with E-state index >= 15 is 0 Å². The molecule has 0 heterocycles. The second-order valence-corrected chi connectivity index (χ2v) is 5.41. The predicted octanol–water partition coefficient (Wildman–Crippen LogP) is 1.53. The SMILES string of the molecule is CCCCOC(=O)CN.Cc1ccccc1S(=O)(=O)O. The van der Waals surface area contributed by atoms with Crippen LogP contribution in [-0.2, 0) is 19.6 Å². The molecule has 0 saturated heterocycles. The monoisotopic (exact) mass is 303 g/mol. The van der Waals surface area contributed by atoms with E-state index in [1.165, 1.54) is 6.07 Å². The number of carbonyl (C=O) groups excluding carboxylic acids is 1. The third-order valence-corrected chi connectivity index (χ3v) is 3.31. The van der Waals surface area contributed by atoms with Crippen molar-refractivity contribution in [2.75, 3.05) is 13.2 Å². The van der Waals surface area contributed by atoms with Gasteiger partial charge >= 0.3 is 5.97 Å². The highest BCUT2D eigenvalue weighted by Gasteiger charge is 2.10. The summed E-state index contributed by atoms with van der Waals surface area (Å²) in [6, 6.07) is 6.27. The van der Waals surface area contributed by atoms with E-state index in [1.807, 2.05) is 6.92 Å². The molecule has 6 nitrogen and oxygen atoms in total. The van der Waals surface area contributed by atoms with Gasteiger partial charge in [0.1, 0.15) is 0 Å². The zero-order valence-electron chi connectivity index (χ0n) is 11.7. The highest BCUT2D eigenvalue weighted by atomic mass is 32.2. The van der Waals surface area contributed by atoms with Crippen LogP contribution in [0.3, 0.4) is 0 Å². The van der Waals surface area contributed by atoms with E-state index in [4.69, 9.17) is 10.3 Å². The molecule has 7 heteroatoms. The predicted molar refractivity (Wildman–Crippen MR) is 75.9 cm³/mol. The average molecular weight is 303 g/mol. The number of ether oxygens (including phenoxy) is 1. The second kappa shape index (κ2) is 9.46. The fourth-order valence-electron chi connectivity index (χ4n) is 1.24. The molecule has 0 amide bonds. The van der Waals surface area contributed by atoms with Gasteiger partial charge in [-0.2, -0.15) is 8.42 Å². The van der Waals surface area contributed by atoms with E-state index in [9.17, 15) is 13.2 Å². The van der Waals surface area contributed by atoms with Crippen LogP contribution in [-0.4, -0.2) is 32.1 Å². The summed E-state index contributed by atoms with van der Waals surface area (Å²) in [6.45, 7) is 4.16. The van der Waals surface area contributed by atoms with Crippen LogP contribution in [0.4, 0.5) is 0 Å². The van der Waals surface area contributed by atoms with Gasteiger partial charge in [-0.25, -0.2) is 0 Å². The molecule has 0 aliphatic rings. The molecule has 1 rings (SSSR count). The van der Waals surface area contributed by atoms with Crippen molar-refractivity contribution in [3.05, 3.63) is 29.8 Å². The Morgan fingerprint density at radius 2 is 1.95 bits per heavy atom. The molecule has 3 N–H and O–H groups in total. The molecule has 0 aliphatic heterocycles. The molecule has 0 aromatic heterocycles. The molecule has 0 aliphatic carbocycles. The third-order valence-electron chi connectivity index (χ3n) is 2.30. The van der Waals surface area contributed by atoms with Crippen molar-refractivity contribution < 1.29 is 22.5 Å². The minimum Gasteiger partial charge on any atom is -0.465 e. The molecule has 0 unspecified atom stereocenters. The van der Waals surface area contributed by atoms with Gasteiger partial charge in [-0.1, -0.05) is 31.5 Å². The Kier molecular flexibility index (Phi) is 8.78. The number of benzene rings is 1. The summed E-state index contributed by atoms with van der Waals surface area (Å²) in [7, 11) is -4.03. The van der Waals surface area contributed by atoms with Gasteiger partial charge < -0.3 is 10.5 Å². The van der Waals surface area contributed by atoms with E-state index in [-0.39, 0.29) is 17.4 Å². The summed E-state index contributed by atoms with van der Waals surface area (Å²) in [4.78, 5) is 10.3. The van der Waals surface area contributed by atoms with Gasteiger partial charge in [-0.05, 0) is 25.0 Å². The number of nitrogens with two attached hydrogens (primary N) is 1. The van der Waals surface area contributed by atoms with Crippen LogP contribution in [0.2, 0.25) is 0 Å². The number of rotatable bonds is 5. The van der Waals surface area contributed by atoms with Gasteiger partial charge in [-0.15, -0.1) is 0 Å². The van der Waals surface area contributed by atoms with E-state index < -0.39 is 10.1 Å². The van der Waals surface area contributed by atoms with Crippen LogP contribution in [0.15, 0.2) is 29.2 Å². The van der Waals surface area contributed by atoms with Crippen LogP contribution in [0.1, 0.15) is 25.3 Å². The van der Waals surface area contributed by atoms with Crippen LogP contribution in [0.5, 0.6) is 0 Å². The van der Waals surface area contributed by atoms with E-state index in [0.717, 1.165) is 12.8 Å². The molecule has 0 atom stereocenters. The van der Waals surface area contributed by atoms with Gasteiger partial charge in [0, 0.05) is 0 Å². The molecule has 0 bridgehead atoms. The van der Waals surface area contributed by atoms with Gasteiger partial charge in [0.15, 0.2) is 0 Å². The quantitative estimate of drug-likeness (QED) is 0.485. The van der Waals surface area contributed by atoms with Crippen LogP contribution >= 0.6 is 0 Å². The number of hydrogen-bond acceptors (Lipinski definition) is 5. The summed E-state index contributed by atoms with van der Waals surface area (Å²) >= 11 is 0. The number of hydrogen-bond donors (Lipinski definition) is 2. The fraction of sp³-hybridized carbons (Fsp3) is 0.462. The molecule has 0 radical (unpaired) electrons. The van der Waals surface area contributed by atoms with Crippen molar-refractivity contribution in [1.29, 1.82) is 0 Å². The van der Waals surface area contributed by atoms with Crippen LogP contribution < -0.4 is 5.73 Å². The average Bonchev–Trinajstić information content (AvgIpc) is 2.38. The first kappa shape index (κ1) is 18.6. The highest BCUT2D eigenvalue weighted by Crippen LogP contribution is 2.12. The van der Waals surface area contributed by atoms with Crippen molar-refractivity contribution >= 4 is 16.1 Å². The van der Waals surface area contributed by atoms with Crippen LogP contribution in [0, 0.1) is 6.92 Å². The Hall–Kier alpha value is -1.44. The Morgan fingerprint density at radius 3 is 2.35 bits per heavy atom. The minimum atomic E-state index is -4.03. The molecule has 1 aromatic carbocycles. The normalized spacial score (nSPS) is 10.4. The zero-order chi connectivity index (χ0) is 15.6. The smallest absolute Gasteiger partial charge is 0.319 e. The molecule has 0 spiro atoms. The minimum absolute atomic E-state index is 0.0102. The largest absolute Gasteiger partial charge is 0.465 e. The van der Waals surface area contributed by atoms with Crippen molar-refractivity contribution in [3.8, 4) is 0 Å². The maximum absolute atomic E-state index is 10.6. The van der Waals surface area contributed by atoms with Crippen molar-refractivity contribution in [2.24, 2.45) is 5.73 Å². The van der Waals surface area contributed by atoms with E-state index in [1.54, 1.807) is 25.1 Å². The maximum atomic E-state index is 10.6. The lowest BCUT2D eigenvalue weighted by molar-refractivity contribution is -0.141. The first-order valence-corrected chi connectivity index (χ1v) is 7.65. The van der Waals surface area contributed by atoms with Gasteiger partial charge in [0.2, 0.25) is 0 Å². The number of unbranched alkanes of at least 4 members (excludes halogenated alkanes) is 1. The fourth-order valence-corrected chi connectivity index (χ4v) is 1.96. The number of carbonyl (C=O) groups is 1. The summed E-state index contributed by atoms with van der Waals surface area (Å²) in [5, 5.41) is 0. The lowest BCUT2D eigenvalue weighted by Crippen LogP contribution is -2.17. The van der Waals surface area contributed by atoms with Gasteiger partial charge in [-0.3, -0.25) is 9.35 Å². The zero-order valence-corrected chi connectivity index (χ0v) is 12.5. The lowest BCUT2D eigenvalue weighted by Gasteiger charge is -1.99. The van der Waals surface area contributed by atoms with E-state index in [2.05, 4.69) is 4.74 Å². The van der Waals surface area contributed by atoms with Crippen molar-refractivity contribution in [1.82, 2.24) is 0 Å². The molecule has 0 saturated carbocycles. The summed E-state index contributed by atoms with van der Waals surface area (Å²) in [5.41, 5.74) is 5.53. The van der Waals surface area contributed by atoms with E-state index in [0.29, 0.717) is 12.2 Å². The van der Waals surface area contributed by atoms with Crippen LogP contribution in [0.25, 0.3) is 0 Å². The molecule has 1 aromatic rings. The lowest BCUT2D eigenvalue weighted by atomic mass is 10.2. The molecule has 114 valence electrons. The van der Waals surface area contributed by atoms with Crippen molar-refractivity contribution in [2.45, 2.75) is 31.6 Å². The Bertz CT molecular complexity index is 513. The van der Waals surface area contributed by atoms with Gasteiger partial charge in [0.05, 0.1) is 18.0 Å². The summed E-state index contributed by atoms with van der Waals surface area (Å²) in [6.07, 6.45) is 1.96. The van der Waals surface area contributed by atoms with Gasteiger partial charge in [0.25, 0.3) is 10.1 Å². The maximum Gasteiger partial charge on any atom is 0.319 e. The molecular weight excluding hydrogens is 282 g/mol. The Morgan fingerprint density at radius 1 is 1.35 bits per heavy atom. The molecule has 20 heavy (non-hydrogen) atoms. The summed E-state index contributed by atoms with van der Waals surface area (Å²) in [5.74, 6) is -0.316. The van der Waals surface area contributed by atoms with Crippen molar-refractivity contribution in [3.63, 3.8) is 0 Å². The Balaban J connectivity index is 0.000000370.